The van der Waals surface area contributed by atoms with Gasteiger partial charge in [0.15, 0.2) is 6.10 Å². The standard InChI is InChI=1S/C12H15NO3/c1-8(7-14)13-12(15)11-6-9-4-2-3-5-10(9)16-11/h2-5,8,11,14H,6-7H2,1H3,(H,13,15). The Morgan fingerprint density at radius 3 is 3.06 bits per heavy atom. The first-order valence-corrected chi connectivity index (χ1v) is 5.36. The summed E-state index contributed by atoms with van der Waals surface area (Å²) in [6, 6.07) is 7.39. The lowest BCUT2D eigenvalue weighted by molar-refractivity contribution is -0.128. The van der Waals surface area contributed by atoms with Crippen LogP contribution in [0.25, 0.3) is 0 Å². The Labute approximate surface area is 94.2 Å². The van der Waals surface area contributed by atoms with E-state index in [4.69, 9.17) is 9.84 Å². The Kier molecular flexibility index (Phi) is 3.10. The van der Waals surface area contributed by atoms with Crippen molar-refractivity contribution in [2.75, 3.05) is 6.61 Å². The molecule has 1 amide bonds. The van der Waals surface area contributed by atoms with E-state index >= 15 is 0 Å². The molecule has 1 aromatic rings. The minimum absolute atomic E-state index is 0.0641. The molecule has 1 heterocycles. The second kappa shape index (κ2) is 4.53. The van der Waals surface area contributed by atoms with E-state index in [0.717, 1.165) is 11.3 Å². The van der Waals surface area contributed by atoms with Gasteiger partial charge in [-0.1, -0.05) is 18.2 Å². The Morgan fingerprint density at radius 2 is 2.38 bits per heavy atom. The van der Waals surface area contributed by atoms with Gasteiger partial charge in [-0.2, -0.15) is 0 Å². The monoisotopic (exact) mass is 221 g/mol. The molecule has 0 fully saturated rings. The van der Waals surface area contributed by atoms with E-state index in [1.807, 2.05) is 24.3 Å². The predicted octanol–water partition coefficient (Wildman–Crippen LogP) is 0.487. The molecule has 2 rings (SSSR count). The number of benzene rings is 1. The summed E-state index contributed by atoms with van der Waals surface area (Å²) in [4.78, 5) is 11.7. The number of fused-ring (bicyclic) bond motifs is 1. The Morgan fingerprint density at radius 1 is 1.62 bits per heavy atom. The van der Waals surface area contributed by atoms with Crippen LogP contribution in [0.15, 0.2) is 24.3 Å². The third kappa shape index (κ3) is 2.17. The van der Waals surface area contributed by atoms with Gasteiger partial charge in [0, 0.05) is 12.5 Å². The molecule has 2 N–H and O–H groups in total. The zero-order valence-electron chi connectivity index (χ0n) is 9.14. The highest BCUT2D eigenvalue weighted by molar-refractivity contribution is 5.82. The fourth-order valence-electron chi connectivity index (χ4n) is 1.71. The molecule has 0 radical (unpaired) electrons. The van der Waals surface area contributed by atoms with Crippen LogP contribution in [0.5, 0.6) is 5.75 Å². The van der Waals surface area contributed by atoms with Gasteiger partial charge >= 0.3 is 0 Å². The molecule has 0 saturated heterocycles. The normalized spacial score (nSPS) is 19.8. The molecule has 1 aromatic carbocycles. The average Bonchev–Trinajstić information content (AvgIpc) is 2.72. The van der Waals surface area contributed by atoms with Gasteiger partial charge in [0.25, 0.3) is 5.91 Å². The number of nitrogens with one attached hydrogen (secondary N) is 1. The molecule has 86 valence electrons. The van der Waals surface area contributed by atoms with Gasteiger partial charge in [-0.25, -0.2) is 0 Å². The number of carbonyl (C=O) groups is 1. The number of ether oxygens (including phenoxy) is 1. The highest BCUT2D eigenvalue weighted by atomic mass is 16.5. The van der Waals surface area contributed by atoms with Crippen molar-refractivity contribution in [3.63, 3.8) is 0 Å². The maximum atomic E-state index is 11.7. The van der Waals surface area contributed by atoms with Gasteiger partial charge in [-0.05, 0) is 18.6 Å². The zero-order valence-corrected chi connectivity index (χ0v) is 9.14. The van der Waals surface area contributed by atoms with Gasteiger partial charge in [-0.15, -0.1) is 0 Å². The van der Waals surface area contributed by atoms with Gasteiger partial charge in [0.05, 0.1) is 6.61 Å². The third-order valence-corrected chi connectivity index (χ3v) is 2.60. The molecule has 2 atom stereocenters. The van der Waals surface area contributed by atoms with Crippen LogP contribution in [0.3, 0.4) is 0 Å². The zero-order chi connectivity index (χ0) is 11.5. The van der Waals surface area contributed by atoms with Crippen molar-refractivity contribution in [1.29, 1.82) is 0 Å². The number of aliphatic hydroxyl groups is 1. The van der Waals surface area contributed by atoms with Gasteiger partial charge < -0.3 is 15.2 Å². The maximum Gasteiger partial charge on any atom is 0.261 e. The summed E-state index contributed by atoms with van der Waals surface area (Å²) in [6.45, 7) is 1.69. The highest BCUT2D eigenvalue weighted by Gasteiger charge is 2.29. The molecule has 16 heavy (non-hydrogen) atoms. The predicted molar refractivity (Wildman–Crippen MR) is 59.3 cm³/mol. The third-order valence-electron chi connectivity index (χ3n) is 2.60. The van der Waals surface area contributed by atoms with Crippen LogP contribution in [0.4, 0.5) is 0 Å². The number of aliphatic hydroxyl groups excluding tert-OH is 1. The number of carbonyl (C=O) groups excluding carboxylic acids is 1. The highest BCUT2D eigenvalue weighted by Crippen LogP contribution is 2.28. The number of rotatable bonds is 3. The van der Waals surface area contributed by atoms with E-state index in [1.165, 1.54) is 0 Å². The second-order valence-corrected chi connectivity index (χ2v) is 4.01. The molecule has 2 unspecified atom stereocenters. The summed E-state index contributed by atoms with van der Waals surface area (Å²) in [6.07, 6.45) is 0.131. The molecule has 4 nitrogen and oxygen atoms in total. The van der Waals surface area contributed by atoms with E-state index in [1.54, 1.807) is 6.92 Å². The lowest BCUT2D eigenvalue weighted by atomic mass is 10.1. The molecule has 0 aliphatic carbocycles. The molecular formula is C12H15NO3. The smallest absolute Gasteiger partial charge is 0.261 e. The molecule has 4 heteroatoms. The number of amides is 1. The topological polar surface area (TPSA) is 58.6 Å². The molecular weight excluding hydrogens is 206 g/mol. The number of para-hydroxylation sites is 1. The molecule has 1 aliphatic rings. The average molecular weight is 221 g/mol. The summed E-state index contributed by atoms with van der Waals surface area (Å²) in [7, 11) is 0. The first-order chi connectivity index (χ1) is 7.70. The van der Waals surface area contributed by atoms with Crippen LogP contribution < -0.4 is 10.1 Å². The van der Waals surface area contributed by atoms with E-state index in [9.17, 15) is 4.79 Å². The largest absolute Gasteiger partial charge is 0.480 e. The van der Waals surface area contributed by atoms with E-state index in [-0.39, 0.29) is 18.6 Å². The van der Waals surface area contributed by atoms with Crippen molar-refractivity contribution in [2.24, 2.45) is 0 Å². The van der Waals surface area contributed by atoms with Crippen LogP contribution in [0, 0.1) is 0 Å². The van der Waals surface area contributed by atoms with Gasteiger partial charge in [0.2, 0.25) is 0 Å². The first-order valence-electron chi connectivity index (χ1n) is 5.36. The summed E-state index contributed by atoms with van der Waals surface area (Å²) < 4.78 is 5.52. The fourth-order valence-corrected chi connectivity index (χ4v) is 1.71. The van der Waals surface area contributed by atoms with Crippen molar-refractivity contribution in [2.45, 2.75) is 25.5 Å². The van der Waals surface area contributed by atoms with Crippen LogP contribution >= 0.6 is 0 Å². The second-order valence-electron chi connectivity index (χ2n) is 4.01. The minimum Gasteiger partial charge on any atom is -0.480 e. The molecule has 1 aliphatic heterocycles. The summed E-state index contributed by atoms with van der Waals surface area (Å²) in [5.41, 5.74) is 1.05. The summed E-state index contributed by atoms with van der Waals surface area (Å²) in [5.74, 6) is 0.608. The van der Waals surface area contributed by atoms with Crippen molar-refractivity contribution >= 4 is 5.91 Å². The SMILES string of the molecule is CC(CO)NC(=O)C1Cc2ccccc2O1. The van der Waals surface area contributed by atoms with Gasteiger partial charge in [0.1, 0.15) is 5.75 Å². The van der Waals surface area contributed by atoms with E-state index in [2.05, 4.69) is 5.32 Å². The molecule has 0 spiro atoms. The van der Waals surface area contributed by atoms with Crippen LogP contribution in [0.1, 0.15) is 12.5 Å². The van der Waals surface area contributed by atoms with Crippen molar-refractivity contribution in [3.8, 4) is 5.75 Å². The molecule has 0 bridgehead atoms. The maximum absolute atomic E-state index is 11.7. The van der Waals surface area contributed by atoms with Crippen LogP contribution in [0.2, 0.25) is 0 Å². The van der Waals surface area contributed by atoms with Crippen LogP contribution in [-0.4, -0.2) is 29.8 Å². The first kappa shape index (κ1) is 11.0. The van der Waals surface area contributed by atoms with Crippen molar-refractivity contribution in [1.82, 2.24) is 5.32 Å². The minimum atomic E-state index is -0.466. The summed E-state index contributed by atoms with van der Waals surface area (Å²) in [5, 5.41) is 11.5. The van der Waals surface area contributed by atoms with E-state index < -0.39 is 6.10 Å². The van der Waals surface area contributed by atoms with E-state index in [0.29, 0.717) is 6.42 Å². The van der Waals surface area contributed by atoms with Crippen molar-refractivity contribution in [3.05, 3.63) is 29.8 Å². The Balaban J connectivity index is 1.98. The number of hydrogen-bond donors (Lipinski definition) is 2. The fraction of sp³-hybridized carbons (Fsp3) is 0.417. The molecule has 0 saturated carbocycles. The Hall–Kier alpha value is -1.55. The Bertz CT molecular complexity index is 367. The quantitative estimate of drug-likeness (QED) is 0.780. The molecule has 0 aromatic heterocycles. The van der Waals surface area contributed by atoms with Crippen molar-refractivity contribution < 1.29 is 14.6 Å². The summed E-state index contributed by atoms with van der Waals surface area (Å²) >= 11 is 0. The lowest BCUT2D eigenvalue weighted by Gasteiger charge is -2.14. The van der Waals surface area contributed by atoms with Gasteiger partial charge in [-0.3, -0.25) is 4.79 Å². The lowest BCUT2D eigenvalue weighted by Crippen LogP contribution is -2.43. The van der Waals surface area contributed by atoms with Crippen LogP contribution in [-0.2, 0) is 11.2 Å². The number of hydrogen-bond acceptors (Lipinski definition) is 3.